The zero-order valence-corrected chi connectivity index (χ0v) is 17.0. The smallest absolute Gasteiger partial charge is 0.235 e. The molecule has 2 aromatic rings. The molecule has 0 aliphatic carbocycles. The first-order valence-corrected chi connectivity index (χ1v) is 10.7. The second-order valence-electron chi connectivity index (χ2n) is 6.71. The highest BCUT2D eigenvalue weighted by Crippen LogP contribution is 2.15. The van der Waals surface area contributed by atoms with E-state index in [2.05, 4.69) is 5.32 Å². The summed E-state index contributed by atoms with van der Waals surface area (Å²) < 4.78 is 44.4. The predicted octanol–water partition coefficient (Wildman–Crippen LogP) is 2.69. The van der Waals surface area contributed by atoms with Crippen LogP contribution in [0.1, 0.15) is 25.0 Å². The van der Waals surface area contributed by atoms with Gasteiger partial charge in [0.15, 0.2) is 0 Å². The van der Waals surface area contributed by atoms with Gasteiger partial charge in [-0.3, -0.25) is 4.79 Å². The summed E-state index contributed by atoms with van der Waals surface area (Å²) in [7, 11) is -3.69. The Balaban J connectivity index is 1.99. The average molecular weight is 408 g/mol. The zero-order valence-electron chi connectivity index (χ0n) is 16.2. The van der Waals surface area contributed by atoms with Crippen LogP contribution in [0.15, 0.2) is 48.5 Å². The van der Waals surface area contributed by atoms with Crippen LogP contribution in [0.3, 0.4) is 0 Å². The van der Waals surface area contributed by atoms with Crippen molar-refractivity contribution in [2.24, 2.45) is 0 Å². The van der Waals surface area contributed by atoms with Crippen LogP contribution in [0.4, 0.5) is 4.39 Å². The topological polar surface area (TPSA) is 75.7 Å². The third-order valence-electron chi connectivity index (χ3n) is 3.85. The summed E-state index contributed by atoms with van der Waals surface area (Å²) in [4.78, 5) is 12.3. The third-order valence-corrected chi connectivity index (χ3v) is 5.05. The minimum absolute atomic E-state index is 0.0338. The van der Waals surface area contributed by atoms with Gasteiger partial charge >= 0.3 is 0 Å². The molecule has 0 radical (unpaired) electrons. The van der Waals surface area contributed by atoms with E-state index < -0.39 is 28.3 Å². The van der Waals surface area contributed by atoms with Gasteiger partial charge in [0.2, 0.25) is 15.9 Å². The van der Waals surface area contributed by atoms with Gasteiger partial charge in [-0.25, -0.2) is 12.8 Å². The fourth-order valence-electron chi connectivity index (χ4n) is 2.52. The number of carbonyl (C=O) groups is 1. The molecular weight excluding hydrogens is 383 g/mol. The first-order chi connectivity index (χ1) is 13.1. The number of hydrogen-bond donors (Lipinski definition) is 1. The molecule has 1 N–H and O–H groups in total. The number of nitrogens with one attached hydrogen (secondary N) is 1. The van der Waals surface area contributed by atoms with Gasteiger partial charge < -0.3 is 10.1 Å². The molecule has 1 amide bonds. The number of ether oxygens (including phenoxy) is 1. The SMILES string of the molecule is CC(C)Oc1cccc(CNC(=O)CN(Cc2ccccc2F)S(C)(=O)=O)c1. The molecule has 0 aromatic heterocycles. The van der Waals surface area contributed by atoms with E-state index >= 15 is 0 Å². The molecule has 0 aliphatic heterocycles. The van der Waals surface area contributed by atoms with E-state index in [-0.39, 0.29) is 24.8 Å². The summed E-state index contributed by atoms with van der Waals surface area (Å²) in [6.45, 7) is 3.46. The number of sulfonamides is 1. The monoisotopic (exact) mass is 408 g/mol. The Morgan fingerprint density at radius 3 is 2.54 bits per heavy atom. The number of benzene rings is 2. The van der Waals surface area contributed by atoms with Crippen LogP contribution < -0.4 is 10.1 Å². The van der Waals surface area contributed by atoms with Crippen LogP contribution in [0.5, 0.6) is 5.75 Å². The lowest BCUT2D eigenvalue weighted by Crippen LogP contribution is -2.39. The van der Waals surface area contributed by atoms with E-state index in [4.69, 9.17) is 4.74 Å². The Kier molecular flexibility index (Phi) is 7.53. The van der Waals surface area contributed by atoms with Gasteiger partial charge in [-0.2, -0.15) is 4.31 Å². The molecule has 0 unspecified atom stereocenters. The van der Waals surface area contributed by atoms with Gasteiger partial charge in [0.1, 0.15) is 11.6 Å². The van der Waals surface area contributed by atoms with Crippen LogP contribution in [0.2, 0.25) is 0 Å². The molecule has 6 nitrogen and oxygen atoms in total. The molecule has 2 aromatic carbocycles. The molecule has 0 heterocycles. The standard InChI is InChI=1S/C20H25FN2O4S/c1-15(2)27-18-9-6-7-16(11-18)12-22-20(24)14-23(28(3,25)26)13-17-8-4-5-10-19(17)21/h4-11,15H,12-14H2,1-3H3,(H,22,24). The number of rotatable bonds is 9. The molecule has 152 valence electrons. The van der Waals surface area contributed by atoms with Crippen molar-refractivity contribution >= 4 is 15.9 Å². The van der Waals surface area contributed by atoms with Crippen molar-refractivity contribution in [2.75, 3.05) is 12.8 Å². The second-order valence-corrected chi connectivity index (χ2v) is 8.70. The van der Waals surface area contributed by atoms with Crippen molar-refractivity contribution in [2.45, 2.75) is 33.0 Å². The predicted molar refractivity (Wildman–Crippen MR) is 106 cm³/mol. The van der Waals surface area contributed by atoms with Gasteiger partial charge in [0.05, 0.1) is 18.9 Å². The number of halogens is 1. The molecule has 0 aliphatic rings. The van der Waals surface area contributed by atoms with E-state index in [1.54, 1.807) is 6.07 Å². The maximum atomic E-state index is 13.8. The molecule has 0 bridgehead atoms. The van der Waals surface area contributed by atoms with Crippen molar-refractivity contribution in [1.82, 2.24) is 9.62 Å². The first kappa shape index (κ1) is 21.8. The lowest BCUT2D eigenvalue weighted by Gasteiger charge is -2.20. The highest BCUT2D eigenvalue weighted by atomic mass is 32.2. The normalized spacial score (nSPS) is 11.6. The molecular formula is C20H25FN2O4S. The molecule has 0 saturated heterocycles. The fourth-order valence-corrected chi connectivity index (χ4v) is 3.25. The lowest BCUT2D eigenvalue weighted by molar-refractivity contribution is -0.121. The minimum Gasteiger partial charge on any atom is -0.491 e. The quantitative estimate of drug-likeness (QED) is 0.692. The zero-order chi connectivity index (χ0) is 20.7. The highest BCUT2D eigenvalue weighted by Gasteiger charge is 2.21. The molecule has 28 heavy (non-hydrogen) atoms. The van der Waals surface area contributed by atoms with Crippen molar-refractivity contribution in [3.8, 4) is 5.75 Å². The molecule has 8 heteroatoms. The number of carbonyl (C=O) groups excluding carboxylic acids is 1. The first-order valence-electron chi connectivity index (χ1n) is 8.86. The van der Waals surface area contributed by atoms with Crippen LogP contribution in [-0.2, 0) is 27.9 Å². The van der Waals surface area contributed by atoms with E-state index in [0.717, 1.165) is 16.1 Å². The van der Waals surface area contributed by atoms with Crippen molar-refractivity contribution in [3.63, 3.8) is 0 Å². The van der Waals surface area contributed by atoms with Crippen LogP contribution >= 0.6 is 0 Å². The number of hydrogen-bond acceptors (Lipinski definition) is 4. The van der Waals surface area contributed by atoms with Gasteiger partial charge in [-0.1, -0.05) is 30.3 Å². The van der Waals surface area contributed by atoms with Gasteiger partial charge in [0, 0.05) is 18.7 Å². The Morgan fingerprint density at radius 1 is 1.18 bits per heavy atom. The van der Waals surface area contributed by atoms with Crippen LogP contribution in [-0.4, -0.2) is 37.5 Å². The summed E-state index contributed by atoms with van der Waals surface area (Å²) >= 11 is 0. The van der Waals surface area contributed by atoms with Crippen molar-refractivity contribution < 1.29 is 22.3 Å². The maximum absolute atomic E-state index is 13.8. The summed E-state index contributed by atoms with van der Waals surface area (Å²) in [5.41, 5.74) is 1.03. The summed E-state index contributed by atoms with van der Waals surface area (Å²) in [6, 6.07) is 13.2. The van der Waals surface area contributed by atoms with E-state index in [9.17, 15) is 17.6 Å². The van der Waals surface area contributed by atoms with E-state index in [0.29, 0.717) is 5.75 Å². The number of nitrogens with zero attached hydrogens (tertiary/aromatic N) is 1. The van der Waals surface area contributed by atoms with Gasteiger partial charge in [-0.05, 0) is 37.6 Å². The fraction of sp³-hybridized carbons (Fsp3) is 0.350. The summed E-state index contributed by atoms with van der Waals surface area (Å²) in [5, 5.41) is 2.69. The van der Waals surface area contributed by atoms with Gasteiger partial charge in [0.25, 0.3) is 0 Å². The average Bonchev–Trinajstić information content (AvgIpc) is 2.60. The highest BCUT2D eigenvalue weighted by molar-refractivity contribution is 7.88. The molecule has 0 saturated carbocycles. The molecule has 0 spiro atoms. The summed E-state index contributed by atoms with van der Waals surface area (Å²) in [6.07, 6.45) is 1.03. The Labute approximate surface area is 165 Å². The number of amides is 1. The molecule has 0 fully saturated rings. The Morgan fingerprint density at radius 2 is 1.89 bits per heavy atom. The van der Waals surface area contributed by atoms with Crippen molar-refractivity contribution in [1.29, 1.82) is 0 Å². The van der Waals surface area contributed by atoms with Gasteiger partial charge in [-0.15, -0.1) is 0 Å². The maximum Gasteiger partial charge on any atom is 0.235 e. The van der Waals surface area contributed by atoms with E-state index in [1.165, 1.54) is 18.2 Å². The largest absolute Gasteiger partial charge is 0.491 e. The molecule has 2 rings (SSSR count). The second kappa shape index (κ2) is 9.66. The van der Waals surface area contributed by atoms with E-state index in [1.807, 2.05) is 38.1 Å². The van der Waals surface area contributed by atoms with Crippen LogP contribution in [0.25, 0.3) is 0 Å². The van der Waals surface area contributed by atoms with Crippen molar-refractivity contribution in [3.05, 3.63) is 65.5 Å². The van der Waals surface area contributed by atoms with Crippen LogP contribution in [0, 0.1) is 5.82 Å². The Hall–Kier alpha value is -2.45. The lowest BCUT2D eigenvalue weighted by atomic mass is 10.2. The third kappa shape index (κ3) is 6.94. The summed E-state index contributed by atoms with van der Waals surface area (Å²) in [5.74, 6) is -0.297. The molecule has 0 atom stereocenters. The minimum atomic E-state index is -3.69. The Bertz CT molecular complexity index is 916.